The van der Waals surface area contributed by atoms with Crippen LogP contribution in [0.1, 0.15) is 33.6 Å². The summed E-state index contributed by atoms with van der Waals surface area (Å²) in [4.78, 5) is 57.8. The molecule has 0 rings (SSSR count). The van der Waals surface area contributed by atoms with Crippen LogP contribution in [0.4, 0.5) is 0 Å². The minimum Gasteiger partial charge on any atom is -0.480 e. The van der Waals surface area contributed by atoms with Crippen LogP contribution >= 0.6 is 0 Å². The molecule has 148 valence electrons. The molecule has 4 amide bonds. The summed E-state index contributed by atoms with van der Waals surface area (Å²) in [5, 5.41) is 16.0. The van der Waals surface area contributed by atoms with Crippen LogP contribution in [0.15, 0.2) is 0 Å². The molecule has 0 saturated carbocycles. The lowest BCUT2D eigenvalue weighted by Gasteiger charge is -2.25. The lowest BCUT2D eigenvalue weighted by molar-refractivity contribution is -0.143. The van der Waals surface area contributed by atoms with Crippen LogP contribution in [0, 0.1) is 5.92 Å². The minimum absolute atomic E-state index is 0.220. The van der Waals surface area contributed by atoms with E-state index >= 15 is 0 Å². The van der Waals surface area contributed by atoms with Gasteiger partial charge in [0.2, 0.25) is 23.6 Å². The Morgan fingerprint density at radius 3 is 2.00 bits per heavy atom. The van der Waals surface area contributed by atoms with Crippen molar-refractivity contribution in [1.29, 1.82) is 0 Å². The predicted molar refractivity (Wildman–Crippen MR) is 91.4 cm³/mol. The van der Waals surface area contributed by atoms with Gasteiger partial charge in [0, 0.05) is 0 Å². The smallest absolute Gasteiger partial charge is 0.326 e. The van der Waals surface area contributed by atoms with Gasteiger partial charge in [0.1, 0.15) is 18.1 Å². The van der Waals surface area contributed by atoms with Crippen molar-refractivity contribution in [1.82, 2.24) is 16.0 Å². The highest BCUT2D eigenvalue weighted by Gasteiger charge is 2.29. The van der Waals surface area contributed by atoms with Crippen LogP contribution in [0.2, 0.25) is 0 Å². The number of carboxylic acid groups (broad SMARTS) is 1. The Bertz CT molecular complexity index is 553. The van der Waals surface area contributed by atoms with E-state index in [1.807, 2.05) is 6.92 Å². The number of primary amides is 1. The van der Waals surface area contributed by atoms with Crippen molar-refractivity contribution < 1.29 is 29.1 Å². The molecule has 26 heavy (non-hydrogen) atoms. The Kier molecular flexibility index (Phi) is 9.89. The number of carbonyl (C=O) groups is 5. The molecule has 4 unspecified atom stereocenters. The summed E-state index contributed by atoms with van der Waals surface area (Å²) in [6.45, 7) is 4.63. The highest BCUT2D eigenvalue weighted by molar-refractivity contribution is 5.94. The molecular weight excluding hydrogens is 346 g/mol. The molecular formula is C15H27N5O6. The Morgan fingerprint density at radius 1 is 1.00 bits per heavy atom. The van der Waals surface area contributed by atoms with Crippen molar-refractivity contribution in [3.8, 4) is 0 Å². The SMILES string of the molecule is CCC(C)C(NC(=O)CN)C(=O)NC(C)C(=O)NC(CC(N)=O)C(=O)O. The Labute approximate surface area is 151 Å². The zero-order valence-corrected chi connectivity index (χ0v) is 15.1. The topological polar surface area (TPSA) is 194 Å². The number of carbonyl (C=O) groups excluding carboxylic acids is 4. The molecule has 0 aliphatic heterocycles. The van der Waals surface area contributed by atoms with E-state index in [-0.39, 0.29) is 12.5 Å². The number of carboxylic acids is 1. The molecule has 11 heteroatoms. The van der Waals surface area contributed by atoms with Crippen molar-refractivity contribution in [2.75, 3.05) is 6.54 Å². The number of nitrogens with two attached hydrogens (primary N) is 2. The van der Waals surface area contributed by atoms with Gasteiger partial charge < -0.3 is 32.5 Å². The monoisotopic (exact) mass is 373 g/mol. The van der Waals surface area contributed by atoms with Crippen LogP contribution in [0.3, 0.4) is 0 Å². The van der Waals surface area contributed by atoms with Crippen molar-refractivity contribution in [2.24, 2.45) is 17.4 Å². The van der Waals surface area contributed by atoms with E-state index in [0.29, 0.717) is 6.42 Å². The largest absolute Gasteiger partial charge is 0.480 e. The molecule has 0 radical (unpaired) electrons. The fraction of sp³-hybridized carbons (Fsp3) is 0.667. The number of rotatable bonds is 11. The number of hydrogen-bond donors (Lipinski definition) is 6. The molecule has 0 saturated heterocycles. The van der Waals surface area contributed by atoms with Crippen LogP contribution in [0.25, 0.3) is 0 Å². The summed E-state index contributed by atoms with van der Waals surface area (Å²) in [6, 6.07) is -3.49. The van der Waals surface area contributed by atoms with Crippen LogP contribution in [-0.2, 0) is 24.0 Å². The first kappa shape index (κ1) is 23.3. The fourth-order valence-corrected chi connectivity index (χ4v) is 2.00. The zero-order chi connectivity index (χ0) is 20.4. The molecule has 0 aromatic rings. The Hall–Kier alpha value is -2.69. The van der Waals surface area contributed by atoms with E-state index in [0.717, 1.165) is 0 Å². The summed E-state index contributed by atoms with van der Waals surface area (Å²) < 4.78 is 0. The highest BCUT2D eigenvalue weighted by atomic mass is 16.4. The lowest BCUT2D eigenvalue weighted by Crippen LogP contribution is -2.57. The normalized spacial score (nSPS) is 15.1. The van der Waals surface area contributed by atoms with E-state index in [1.165, 1.54) is 6.92 Å². The number of hydrogen-bond acceptors (Lipinski definition) is 6. The number of amides is 4. The summed E-state index contributed by atoms with van der Waals surface area (Å²) in [5.74, 6) is -4.47. The van der Waals surface area contributed by atoms with Crippen molar-refractivity contribution in [3.63, 3.8) is 0 Å². The standard InChI is InChI=1S/C15H27N5O6/c1-4-7(2)12(20-11(22)6-16)14(24)18-8(3)13(23)19-9(15(25)26)5-10(17)21/h7-9,12H,4-6,16H2,1-3H3,(H2,17,21)(H,18,24)(H,19,23)(H,20,22)(H,25,26). The van der Waals surface area contributed by atoms with Crippen molar-refractivity contribution in [2.45, 2.75) is 51.7 Å². The average Bonchev–Trinajstić information content (AvgIpc) is 2.57. The van der Waals surface area contributed by atoms with Gasteiger partial charge in [0.15, 0.2) is 0 Å². The third kappa shape index (κ3) is 7.92. The minimum atomic E-state index is -1.50. The van der Waals surface area contributed by atoms with Crippen molar-refractivity contribution in [3.05, 3.63) is 0 Å². The van der Waals surface area contributed by atoms with Gasteiger partial charge in [0.05, 0.1) is 13.0 Å². The molecule has 0 aromatic carbocycles. The van der Waals surface area contributed by atoms with E-state index in [1.54, 1.807) is 6.92 Å². The van der Waals surface area contributed by atoms with E-state index in [4.69, 9.17) is 16.6 Å². The summed E-state index contributed by atoms with van der Waals surface area (Å²) in [5.41, 5.74) is 10.2. The van der Waals surface area contributed by atoms with Crippen molar-refractivity contribution >= 4 is 29.6 Å². The maximum atomic E-state index is 12.4. The van der Waals surface area contributed by atoms with Gasteiger partial charge in [-0.1, -0.05) is 20.3 Å². The second kappa shape index (κ2) is 11.0. The highest BCUT2D eigenvalue weighted by Crippen LogP contribution is 2.08. The zero-order valence-electron chi connectivity index (χ0n) is 15.1. The van der Waals surface area contributed by atoms with E-state index in [2.05, 4.69) is 16.0 Å². The molecule has 0 bridgehead atoms. The second-order valence-electron chi connectivity index (χ2n) is 5.93. The summed E-state index contributed by atoms with van der Waals surface area (Å²) in [7, 11) is 0. The second-order valence-corrected chi connectivity index (χ2v) is 5.93. The van der Waals surface area contributed by atoms with Crippen LogP contribution < -0.4 is 27.4 Å². The Balaban J connectivity index is 4.96. The molecule has 4 atom stereocenters. The first-order valence-electron chi connectivity index (χ1n) is 8.14. The summed E-state index contributed by atoms with van der Waals surface area (Å²) >= 11 is 0. The molecule has 0 aliphatic rings. The van der Waals surface area contributed by atoms with E-state index < -0.39 is 54.1 Å². The third-order valence-electron chi connectivity index (χ3n) is 3.77. The van der Waals surface area contributed by atoms with Crippen LogP contribution in [-0.4, -0.2) is 59.4 Å². The maximum Gasteiger partial charge on any atom is 0.326 e. The summed E-state index contributed by atoms with van der Waals surface area (Å²) in [6.07, 6.45) is 0.00695. The maximum absolute atomic E-state index is 12.4. The van der Waals surface area contributed by atoms with Gasteiger partial charge in [-0.15, -0.1) is 0 Å². The third-order valence-corrected chi connectivity index (χ3v) is 3.77. The lowest BCUT2D eigenvalue weighted by atomic mass is 9.98. The van der Waals surface area contributed by atoms with Gasteiger partial charge in [-0.2, -0.15) is 0 Å². The molecule has 0 aliphatic carbocycles. The predicted octanol–water partition coefficient (Wildman–Crippen LogP) is -2.57. The fourth-order valence-electron chi connectivity index (χ4n) is 2.00. The molecule has 0 heterocycles. The van der Waals surface area contributed by atoms with Gasteiger partial charge in [-0.25, -0.2) is 4.79 Å². The molecule has 11 nitrogen and oxygen atoms in total. The van der Waals surface area contributed by atoms with Gasteiger partial charge >= 0.3 is 5.97 Å². The van der Waals surface area contributed by atoms with E-state index in [9.17, 15) is 24.0 Å². The molecule has 0 fully saturated rings. The molecule has 8 N–H and O–H groups in total. The quantitative estimate of drug-likeness (QED) is 0.229. The van der Waals surface area contributed by atoms with Gasteiger partial charge in [-0.05, 0) is 12.8 Å². The first-order valence-corrected chi connectivity index (χ1v) is 8.14. The molecule has 0 aromatic heterocycles. The average molecular weight is 373 g/mol. The first-order chi connectivity index (χ1) is 12.0. The number of nitrogens with one attached hydrogen (secondary N) is 3. The number of aliphatic carboxylic acids is 1. The van der Waals surface area contributed by atoms with Gasteiger partial charge in [-0.3, -0.25) is 19.2 Å². The Morgan fingerprint density at radius 2 is 1.58 bits per heavy atom. The van der Waals surface area contributed by atoms with Crippen LogP contribution in [0.5, 0.6) is 0 Å². The molecule has 0 spiro atoms. The van der Waals surface area contributed by atoms with Gasteiger partial charge in [0.25, 0.3) is 0 Å².